The normalized spacial score (nSPS) is 18.4. The molecule has 1 aliphatic rings. The highest BCUT2D eigenvalue weighted by Gasteiger charge is 2.41. The first-order chi connectivity index (χ1) is 7.95. The average molecular weight is 254 g/mol. The predicted octanol–water partition coefficient (Wildman–Crippen LogP) is 2.30. The summed E-state index contributed by atoms with van der Waals surface area (Å²) in [6.07, 6.45) is 2.31. The Hall–Kier alpha value is -0.450. The molecule has 0 aromatic carbocycles. The van der Waals surface area contributed by atoms with E-state index in [1.54, 1.807) is 11.3 Å². The molecule has 1 aromatic heterocycles. The fraction of sp³-hybridized carbons (Fsp3) is 0.769. The molecular weight excluding hydrogens is 232 g/mol. The predicted molar refractivity (Wildman–Crippen MR) is 71.3 cm³/mol. The van der Waals surface area contributed by atoms with Crippen molar-refractivity contribution in [2.75, 3.05) is 13.2 Å². The van der Waals surface area contributed by atoms with E-state index in [4.69, 9.17) is 0 Å². The Balaban J connectivity index is 1.81. The summed E-state index contributed by atoms with van der Waals surface area (Å²) in [5.74, 6) is 0. The van der Waals surface area contributed by atoms with Crippen LogP contribution in [0, 0.1) is 5.41 Å². The van der Waals surface area contributed by atoms with Gasteiger partial charge in [-0.1, -0.05) is 20.8 Å². The molecule has 0 bridgehead atoms. The van der Waals surface area contributed by atoms with Crippen molar-refractivity contribution in [2.45, 2.75) is 45.6 Å². The van der Waals surface area contributed by atoms with Crippen LogP contribution in [0.5, 0.6) is 0 Å². The van der Waals surface area contributed by atoms with Crippen molar-refractivity contribution in [3.63, 3.8) is 0 Å². The number of nitrogens with zero attached hydrogens (tertiary/aromatic N) is 1. The van der Waals surface area contributed by atoms with Crippen LogP contribution < -0.4 is 5.32 Å². The number of aliphatic hydroxyl groups is 1. The van der Waals surface area contributed by atoms with Gasteiger partial charge >= 0.3 is 0 Å². The molecule has 0 aliphatic heterocycles. The maximum absolute atomic E-state index is 9.21. The topological polar surface area (TPSA) is 45.1 Å². The summed E-state index contributed by atoms with van der Waals surface area (Å²) in [6.45, 7) is 8.60. The largest absolute Gasteiger partial charge is 0.396 e. The zero-order valence-corrected chi connectivity index (χ0v) is 11.7. The Morgan fingerprint density at radius 2 is 2.18 bits per heavy atom. The highest BCUT2D eigenvalue weighted by molar-refractivity contribution is 7.09. The summed E-state index contributed by atoms with van der Waals surface area (Å²) < 4.78 is 0. The van der Waals surface area contributed by atoms with Crippen LogP contribution in [-0.4, -0.2) is 23.2 Å². The maximum atomic E-state index is 9.21. The van der Waals surface area contributed by atoms with Gasteiger partial charge in [-0.25, -0.2) is 4.98 Å². The van der Waals surface area contributed by atoms with Crippen molar-refractivity contribution in [2.24, 2.45) is 5.41 Å². The Morgan fingerprint density at radius 3 is 2.65 bits per heavy atom. The number of aromatic nitrogens is 1. The minimum Gasteiger partial charge on any atom is -0.396 e. The fourth-order valence-electron chi connectivity index (χ4n) is 1.74. The molecule has 2 N–H and O–H groups in total. The summed E-state index contributed by atoms with van der Waals surface area (Å²) >= 11 is 1.72. The summed E-state index contributed by atoms with van der Waals surface area (Å²) in [4.78, 5) is 4.64. The van der Waals surface area contributed by atoms with Crippen molar-refractivity contribution in [3.8, 4) is 0 Å². The van der Waals surface area contributed by atoms with Crippen LogP contribution in [0.4, 0.5) is 0 Å². The number of thiazole rings is 1. The van der Waals surface area contributed by atoms with E-state index in [9.17, 15) is 5.11 Å². The molecule has 0 amide bonds. The number of nitrogens with one attached hydrogen (secondary N) is 1. The molecule has 4 heteroatoms. The van der Waals surface area contributed by atoms with Gasteiger partial charge in [0.25, 0.3) is 0 Å². The zero-order chi connectivity index (χ0) is 12.5. The van der Waals surface area contributed by atoms with E-state index in [1.165, 1.54) is 5.69 Å². The first-order valence-electron chi connectivity index (χ1n) is 6.22. The van der Waals surface area contributed by atoms with E-state index in [-0.39, 0.29) is 10.8 Å². The molecule has 1 fully saturated rings. The second-order valence-corrected chi connectivity index (χ2v) is 7.08. The third-order valence-electron chi connectivity index (χ3n) is 3.39. The molecule has 1 heterocycles. The highest BCUT2D eigenvalue weighted by Crippen LogP contribution is 2.44. The fourth-order valence-corrected chi connectivity index (χ4v) is 2.73. The van der Waals surface area contributed by atoms with Gasteiger partial charge in [-0.2, -0.15) is 0 Å². The van der Waals surface area contributed by atoms with Gasteiger partial charge in [-0.3, -0.25) is 0 Å². The second-order valence-electron chi connectivity index (χ2n) is 6.14. The minimum atomic E-state index is 0.136. The van der Waals surface area contributed by atoms with Crippen LogP contribution in [0.15, 0.2) is 5.38 Å². The van der Waals surface area contributed by atoms with Crippen LogP contribution >= 0.6 is 11.3 Å². The van der Waals surface area contributed by atoms with Crippen molar-refractivity contribution in [3.05, 3.63) is 16.1 Å². The Labute approximate surface area is 107 Å². The van der Waals surface area contributed by atoms with Gasteiger partial charge in [0.05, 0.1) is 5.69 Å². The molecule has 0 radical (unpaired) electrons. The number of hydrogen-bond donors (Lipinski definition) is 2. The Bertz CT molecular complexity index is 377. The lowest BCUT2D eigenvalue weighted by molar-refractivity contribution is 0.207. The van der Waals surface area contributed by atoms with Crippen LogP contribution in [0.3, 0.4) is 0 Å². The van der Waals surface area contributed by atoms with Gasteiger partial charge in [-0.15, -0.1) is 11.3 Å². The molecule has 96 valence electrons. The van der Waals surface area contributed by atoms with Gasteiger partial charge in [0.1, 0.15) is 5.01 Å². The van der Waals surface area contributed by atoms with E-state index in [2.05, 4.69) is 36.5 Å². The lowest BCUT2D eigenvalue weighted by Gasteiger charge is -2.14. The van der Waals surface area contributed by atoms with E-state index in [0.717, 1.165) is 30.9 Å². The van der Waals surface area contributed by atoms with E-state index in [1.807, 2.05) is 0 Å². The first kappa shape index (κ1) is 13.0. The van der Waals surface area contributed by atoms with Gasteiger partial charge in [0.15, 0.2) is 0 Å². The monoisotopic (exact) mass is 254 g/mol. The van der Waals surface area contributed by atoms with E-state index in [0.29, 0.717) is 6.61 Å². The van der Waals surface area contributed by atoms with Gasteiger partial charge in [-0.05, 0) is 12.8 Å². The molecule has 1 aromatic rings. The molecule has 1 saturated carbocycles. The third kappa shape index (κ3) is 3.27. The summed E-state index contributed by atoms with van der Waals surface area (Å²) in [5, 5.41) is 15.9. The quantitative estimate of drug-likeness (QED) is 0.847. The zero-order valence-electron chi connectivity index (χ0n) is 10.9. The Morgan fingerprint density at radius 1 is 1.47 bits per heavy atom. The summed E-state index contributed by atoms with van der Waals surface area (Å²) in [7, 11) is 0. The van der Waals surface area contributed by atoms with E-state index < -0.39 is 0 Å². The summed E-state index contributed by atoms with van der Waals surface area (Å²) in [5.41, 5.74) is 1.49. The molecule has 0 atom stereocenters. The lowest BCUT2D eigenvalue weighted by atomic mass is 9.93. The molecule has 0 spiro atoms. The molecule has 0 saturated heterocycles. The average Bonchev–Trinajstić information content (AvgIpc) is 2.86. The third-order valence-corrected chi connectivity index (χ3v) is 4.24. The summed E-state index contributed by atoms with van der Waals surface area (Å²) in [6, 6.07) is 0. The standard InChI is InChI=1S/C13H22N2OS/c1-12(2,3)10-7-17-11(15-10)6-14-8-13(9-16)4-5-13/h7,14,16H,4-6,8-9H2,1-3H3. The maximum Gasteiger partial charge on any atom is 0.107 e. The molecule has 2 rings (SSSR count). The number of aliphatic hydroxyl groups excluding tert-OH is 1. The van der Waals surface area contributed by atoms with Crippen LogP contribution in [0.1, 0.15) is 44.3 Å². The van der Waals surface area contributed by atoms with Crippen molar-refractivity contribution in [1.29, 1.82) is 0 Å². The SMILES string of the molecule is CC(C)(C)c1csc(CNCC2(CO)CC2)n1. The number of rotatable bonds is 5. The van der Waals surface area contributed by atoms with Crippen molar-refractivity contribution < 1.29 is 5.11 Å². The van der Waals surface area contributed by atoms with Crippen molar-refractivity contribution in [1.82, 2.24) is 10.3 Å². The van der Waals surface area contributed by atoms with Gasteiger partial charge in [0.2, 0.25) is 0 Å². The van der Waals surface area contributed by atoms with Crippen LogP contribution in [0.2, 0.25) is 0 Å². The minimum absolute atomic E-state index is 0.136. The van der Waals surface area contributed by atoms with Crippen LogP contribution in [0.25, 0.3) is 0 Å². The van der Waals surface area contributed by atoms with Gasteiger partial charge < -0.3 is 10.4 Å². The van der Waals surface area contributed by atoms with Gasteiger partial charge in [0, 0.05) is 35.9 Å². The second kappa shape index (κ2) is 4.67. The smallest absolute Gasteiger partial charge is 0.107 e. The first-order valence-corrected chi connectivity index (χ1v) is 7.10. The van der Waals surface area contributed by atoms with E-state index >= 15 is 0 Å². The molecule has 3 nitrogen and oxygen atoms in total. The molecule has 0 unspecified atom stereocenters. The Kier molecular flexibility index (Phi) is 3.57. The highest BCUT2D eigenvalue weighted by atomic mass is 32.1. The number of hydrogen-bond acceptors (Lipinski definition) is 4. The molecule has 1 aliphatic carbocycles. The van der Waals surface area contributed by atoms with Crippen LogP contribution in [-0.2, 0) is 12.0 Å². The van der Waals surface area contributed by atoms with Crippen molar-refractivity contribution >= 4 is 11.3 Å². The lowest BCUT2D eigenvalue weighted by Crippen LogP contribution is -2.26. The molecular formula is C13H22N2OS. The molecule has 17 heavy (non-hydrogen) atoms.